The van der Waals surface area contributed by atoms with E-state index in [9.17, 15) is 5.26 Å². The highest BCUT2D eigenvalue weighted by molar-refractivity contribution is 7.98. The van der Waals surface area contributed by atoms with Gasteiger partial charge in [-0.3, -0.25) is 0 Å². The Kier molecular flexibility index (Phi) is 14.0. The first-order valence-corrected chi connectivity index (χ1v) is 21.8. The first-order chi connectivity index (χ1) is 29.1. The van der Waals surface area contributed by atoms with Crippen LogP contribution in [0, 0.1) is 11.3 Å². The Morgan fingerprint density at radius 3 is 1.59 bits per heavy atom. The molecule has 0 spiro atoms. The summed E-state index contributed by atoms with van der Waals surface area (Å²) in [4.78, 5) is 0.904. The molecule has 0 unspecified atom stereocenters. The summed E-state index contributed by atoms with van der Waals surface area (Å²) in [5, 5.41) is 10.6. The van der Waals surface area contributed by atoms with Crippen molar-refractivity contribution in [2.45, 2.75) is 87.0 Å². The smallest absolute Gasteiger partial charge is 0.117 e. The van der Waals surface area contributed by atoms with Gasteiger partial charge in [0.25, 0.3) is 0 Å². The van der Waals surface area contributed by atoms with Gasteiger partial charge in [0.05, 0.1) is 38.6 Å². The van der Waals surface area contributed by atoms with Gasteiger partial charge in [-0.15, -0.1) is 11.8 Å². The fourth-order valence-electron chi connectivity index (χ4n) is 7.89. The van der Waals surface area contributed by atoms with Crippen LogP contribution in [0.2, 0.25) is 0 Å². The Morgan fingerprint density at radius 2 is 1.08 bits per heavy atom. The molecule has 59 heavy (non-hydrogen) atoms. The lowest BCUT2D eigenvalue weighted by atomic mass is 9.88. The van der Waals surface area contributed by atoms with E-state index in [4.69, 9.17) is 23.7 Å². The molecule has 1 saturated heterocycles. The zero-order valence-corrected chi connectivity index (χ0v) is 34.3. The Morgan fingerprint density at radius 1 is 0.576 bits per heavy atom. The van der Waals surface area contributed by atoms with E-state index in [1.807, 2.05) is 79.1 Å². The maximum Gasteiger partial charge on any atom is 0.117 e. The molecule has 0 N–H and O–H groups in total. The predicted octanol–water partition coefficient (Wildman–Crippen LogP) is 11.2. The quantitative estimate of drug-likeness (QED) is 0.0802. The number of thioether (sulfide) groups is 1. The molecule has 6 aromatic rings. The highest BCUT2D eigenvalue weighted by Gasteiger charge is 2.49. The van der Waals surface area contributed by atoms with E-state index in [1.165, 1.54) is 24.0 Å². The van der Waals surface area contributed by atoms with Crippen LogP contribution in [0.1, 0.15) is 74.9 Å². The van der Waals surface area contributed by atoms with Crippen LogP contribution in [-0.4, -0.2) is 37.3 Å². The molecule has 0 radical (unpaired) electrons. The van der Waals surface area contributed by atoms with Gasteiger partial charge in [0, 0.05) is 4.90 Å². The Labute approximate surface area is 353 Å². The van der Waals surface area contributed by atoms with Crippen LogP contribution in [0.15, 0.2) is 163 Å². The van der Waals surface area contributed by atoms with Crippen molar-refractivity contribution in [3.63, 3.8) is 0 Å². The molecule has 2 aliphatic rings. The minimum atomic E-state index is -0.585. The van der Waals surface area contributed by atoms with Gasteiger partial charge in [-0.05, 0) is 82.0 Å². The molecule has 6 nitrogen and oxygen atoms in total. The van der Waals surface area contributed by atoms with Crippen LogP contribution >= 0.6 is 11.8 Å². The fraction of sp³-hybridized carbons (Fsp3) is 0.288. The second-order valence-electron chi connectivity index (χ2n) is 15.4. The molecule has 1 aliphatic heterocycles. The largest absolute Gasteiger partial charge is 0.374 e. The molecular formula is C52H51NO5S. The molecule has 1 saturated carbocycles. The van der Waals surface area contributed by atoms with E-state index in [-0.39, 0.29) is 6.61 Å². The van der Waals surface area contributed by atoms with E-state index < -0.39 is 30.5 Å². The second-order valence-corrected chi connectivity index (χ2v) is 16.3. The Bertz CT molecular complexity index is 2240. The minimum Gasteiger partial charge on any atom is -0.374 e. The van der Waals surface area contributed by atoms with Crippen molar-refractivity contribution in [1.82, 2.24) is 0 Å². The zero-order valence-electron chi connectivity index (χ0n) is 33.5. The average Bonchev–Trinajstić information content (AvgIpc) is 4.15. The van der Waals surface area contributed by atoms with Crippen LogP contribution < -0.4 is 0 Å². The van der Waals surface area contributed by atoms with Crippen LogP contribution in [0.25, 0.3) is 0 Å². The van der Waals surface area contributed by atoms with Crippen molar-refractivity contribution < 1.29 is 23.7 Å². The molecule has 0 bridgehead atoms. The number of nitriles is 1. The van der Waals surface area contributed by atoms with Gasteiger partial charge < -0.3 is 23.7 Å². The molecule has 1 aliphatic carbocycles. The summed E-state index contributed by atoms with van der Waals surface area (Å²) < 4.78 is 34.7. The summed E-state index contributed by atoms with van der Waals surface area (Å²) in [5.41, 5.74) is 9.36. The molecule has 5 atom stereocenters. The van der Waals surface area contributed by atoms with Crippen molar-refractivity contribution in [3.8, 4) is 6.07 Å². The zero-order chi connectivity index (χ0) is 40.2. The third kappa shape index (κ3) is 10.8. The summed E-state index contributed by atoms with van der Waals surface area (Å²) in [6.45, 7) is 1.77. The predicted molar refractivity (Wildman–Crippen MR) is 233 cm³/mol. The molecular weight excluding hydrogens is 751 g/mol. The topological polar surface area (TPSA) is 69.9 Å². The van der Waals surface area contributed by atoms with Crippen molar-refractivity contribution in [1.29, 1.82) is 5.26 Å². The van der Waals surface area contributed by atoms with E-state index in [0.29, 0.717) is 44.3 Å². The summed E-state index contributed by atoms with van der Waals surface area (Å²) >= 11 is 1.58. The Hall–Kier alpha value is -5.04. The van der Waals surface area contributed by atoms with Gasteiger partial charge in [-0.25, -0.2) is 0 Å². The van der Waals surface area contributed by atoms with Crippen LogP contribution in [0.4, 0.5) is 0 Å². The lowest BCUT2D eigenvalue weighted by molar-refractivity contribution is -0.275. The third-order valence-corrected chi connectivity index (χ3v) is 11.9. The van der Waals surface area contributed by atoms with E-state index in [1.54, 1.807) is 11.8 Å². The molecule has 7 heteroatoms. The molecule has 300 valence electrons. The molecule has 2 fully saturated rings. The van der Waals surface area contributed by atoms with Crippen LogP contribution in [0.5, 0.6) is 0 Å². The minimum absolute atomic E-state index is 0.271. The van der Waals surface area contributed by atoms with E-state index in [0.717, 1.165) is 38.3 Å². The average molecular weight is 802 g/mol. The van der Waals surface area contributed by atoms with Gasteiger partial charge in [-0.1, -0.05) is 152 Å². The fourth-order valence-corrected chi connectivity index (χ4v) is 8.53. The van der Waals surface area contributed by atoms with E-state index >= 15 is 0 Å². The summed E-state index contributed by atoms with van der Waals surface area (Å²) in [6, 6.07) is 56.5. The van der Waals surface area contributed by atoms with Crippen LogP contribution in [0.3, 0.4) is 0 Å². The SMILES string of the molecule is CSc1cc([C@@H]2O[C@H](COCc3ccccc3)[C@@H](OCc3ccccc3)[C@H](OCc3ccccc3)[C@H]2OCc2ccccc2)cc(Cc2ccc(C3CC3)cc2)c1C#N. The number of rotatable bonds is 18. The maximum absolute atomic E-state index is 10.6. The van der Waals surface area contributed by atoms with Gasteiger partial charge in [-0.2, -0.15) is 5.26 Å². The van der Waals surface area contributed by atoms with Crippen molar-refractivity contribution in [2.24, 2.45) is 0 Å². The van der Waals surface area contributed by atoms with E-state index in [2.05, 4.69) is 91.0 Å². The summed E-state index contributed by atoms with van der Waals surface area (Å²) in [5.74, 6) is 0.684. The maximum atomic E-state index is 10.6. The van der Waals surface area contributed by atoms with Gasteiger partial charge in [0.2, 0.25) is 0 Å². The lowest BCUT2D eigenvalue weighted by Crippen LogP contribution is -2.58. The summed E-state index contributed by atoms with van der Waals surface area (Å²) in [7, 11) is 0. The molecule has 6 aromatic carbocycles. The van der Waals surface area contributed by atoms with Crippen molar-refractivity contribution in [2.75, 3.05) is 12.9 Å². The number of ether oxygens (including phenoxy) is 5. The molecule has 8 rings (SSSR count). The highest BCUT2D eigenvalue weighted by atomic mass is 32.2. The number of benzene rings is 6. The number of hydrogen-bond acceptors (Lipinski definition) is 7. The van der Waals surface area contributed by atoms with Crippen molar-refractivity contribution in [3.05, 3.63) is 208 Å². The number of hydrogen-bond donors (Lipinski definition) is 0. The molecule has 0 aromatic heterocycles. The standard InChI is InChI=1S/C52H51NO5S/c1-59-48-30-45(29-44(46(48)31-53)28-37-22-24-42(25-23-37)43-26-27-43)49-51(56-34-40-18-10-4-11-19-40)52(57-35-41-20-12-5-13-21-41)50(55-33-39-16-8-3-9-17-39)47(58-49)36-54-32-38-14-6-2-7-15-38/h2-25,29-30,43,47,49-52H,26-28,32-36H2,1H3/t47-,49+,50-,51+,52+/m1/s1. The second kappa shape index (κ2) is 20.3. The first kappa shape index (κ1) is 40.7. The summed E-state index contributed by atoms with van der Waals surface area (Å²) in [6.07, 6.45) is 2.40. The molecule has 1 heterocycles. The monoisotopic (exact) mass is 801 g/mol. The Balaban J connectivity index is 1.19. The lowest BCUT2D eigenvalue weighted by Gasteiger charge is -2.46. The highest BCUT2D eigenvalue weighted by Crippen LogP contribution is 2.42. The van der Waals surface area contributed by atoms with Gasteiger partial charge >= 0.3 is 0 Å². The van der Waals surface area contributed by atoms with Crippen LogP contribution in [-0.2, 0) is 56.5 Å². The van der Waals surface area contributed by atoms with Crippen molar-refractivity contribution >= 4 is 11.8 Å². The normalized spacial score (nSPS) is 20.2. The third-order valence-electron chi connectivity index (χ3n) is 11.2. The van der Waals surface area contributed by atoms with Gasteiger partial charge in [0.1, 0.15) is 36.6 Å². The first-order valence-electron chi connectivity index (χ1n) is 20.6. The van der Waals surface area contributed by atoms with Gasteiger partial charge in [0.15, 0.2) is 0 Å². The molecule has 0 amide bonds. The number of nitrogens with zero attached hydrogens (tertiary/aromatic N) is 1.